The van der Waals surface area contributed by atoms with E-state index < -0.39 is 0 Å². The minimum absolute atomic E-state index is 0.271. The van der Waals surface area contributed by atoms with Gasteiger partial charge in [-0.15, -0.1) is 11.3 Å². The fraction of sp³-hybridized carbons (Fsp3) is 0.118. The van der Waals surface area contributed by atoms with Gasteiger partial charge in [-0.25, -0.2) is 4.98 Å². The van der Waals surface area contributed by atoms with Gasteiger partial charge in [0.05, 0.1) is 0 Å². The van der Waals surface area contributed by atoms with Gasteiger partial charge in [-0.05, 0) is 24.6 Å². The van der Waals surface area contributed by atoms with Crippen LogP contribution in [0.1, 0.15) is 26.5 Å². The molecule has 116 valence electrons. The summed E-state index contributed by atoms with van der Waals surface area (Å²) in [4.78, 5) is 21.4. The number of aryl methyl sites for hydroxylation is 1. The highest BCUT2D eigenvalue weighted by molar-refractivity contribution is 7.15. The first-order valence-corrected chi connectivity index (χ1v) is 8.23. The summed E-state index contributed by atoms with van der Waals surface area (Å²) in [7, 11) is 0. The quantitative estimate of drug-likeness (QED) is 0.766. The number of thiazole rings is 1. The highest BCUT2D eigenvalue weighted by atomic mass is 35.5. The monoisotopic (exact) mass is 343 g/mol. The highest BCUT2D eigenvalue weighted by Gasteiger charge is 2.11. The number of carbonyl (C=O) groups is 1. The molecule has 0 fully saturated rings. The lowest BCUT2D eigenvalue weighted by molar-refractivity contribution is 0.102. The van der Waals surface area contributed by atoms with Gasteiger partial charge in [-0.1, -0.05) is 41.4 Å². The first-order chi connectivity index (χ1) is 11.1. The van der Waals surface area contributed by atoms with E-state index in [1.54, 1.807) is 12.3 Å². The van der Waals surface area contributed by atoms with Crippen molar-refractivity contribution in [1.29, 1.82) is 0 Å². The summed E-state index contributed by atoms with van der Waals surface area (Å²) in [5.41, 5.74) is 2.72. The molecule has 0 aliphatic rings. The number of nitrogens with one attached hydrogen (secondary N) is 1. The summed E-state index contributed by atoms with van der Waals surface area (Å²) in [5.74, 6) is -0.316. The number of benzene rings is 1. The first kappa shape index (κ1) is 15.6. The minimum Gasteiger partial charge on any atom is -0.296 e. The van der Waals surface area contributed by atoms with Crippen molar-refractivity contribution < 1.29 is 4.79 Å². The molecule has 0 atom stereocenters. The molecule has 0 saturated heterocycles. The van der Waals surface area contributed by atoms with E-state index in [1.807, 2.05) is 0 Å². The molecule has 23 heavy (non-hydrogen) atoms. The third-order valence-electron chi connectivity index (χ3n) is 3.23. The van der Waals surface area contributed by atoms with Crippen molar-refractivity contribution in [3.63, 3.8) is 0 Å². The van der Waals surface area contributed by atoms with Gasteiger partial charge >= 0.3 is 0 Å². The Morgan fingerprint density at radius 2 is 2.00 bits per heavy atom. The smallest absolute Gasteiger partial charge is 0.276 e. The number of carbonyl (C=O) groups excluding carboxylic acids is 1. The summed E-state index contributed by atoms with van der Waals surface area (Å²) in [5, 5.41) is 3.78. The standard InChI is InChI=1S/C17H14ClN3OS/c1-11-2-4-12(5-3-11)8-14-10-20-17(23-14)21-16(22)15-9-13(18)6-7-19-15/h2-7,9-10H,8H2,1H3,(H,20,21,22). The van der Waals surface area contributed by atoms with E-state index in [-0.39, 0.29) is 11.6 Å². The largest absolute Gasteiger partial charge is 0.296 e. The zero-order valence-corrected chi connectivity index (χ0v) is 14.0. The molecule has 1 amide bonds. The number of aromatic nitrogens is 2. The second-order valence-electron chi connectivity index (χ2n) is 5.11. The number of pyridine rings is 1. The number of amides is 1. The van der Waals surface area contributed by atoms with Crippen LogP contribution < -0.4 is 5.32 Å². The topological polar surface area (TPSA) is 54.9 Å². The predicted molar refractivity (Wildman–Crippen MR) is 93.3 cm³/mol. The molecule has 2 aromatic heterocycles. The second-order valence-corrected chi connectivity index (χ2v) is 6.66. The van der Waals surface area contributed by atoms with Crippen molar-refractivity contribution in [3.05, 3.63) is 75.5 Å². The van der Waals surface area contributed by atoms with E-state index in [9.17, 15) is 4.79 Å². The van der Waals surface area contributed by atoms with Gasteiger partial charge in [0, 0.05) is 28.7 Å². The molecule has 1 N–H and O–H groups in total. The molecular weight excluding hydrogens is 330 g/mol. The van der Waals surface area contributed by atoms with Gasteiger partial charge in [-0.3, -0.25) is 15.1 Å². The van der Waals surface area contributed by atoms with Crippen molar-refractivity contribution in [2.24, 2.45) is 0 Å². The summed E-state index contributed by atoms with van der Waals surface area (Å²) in [6, 6.07) is 11.5. The molecule has 0 bridgehead atoms. The number of halogens is 1. The number of nitrogens with zero attached hydrogens (tertiary/aromatic N) is 2. The average Bonchev–Trinajstić information content (AvgIpc) is 2.96. The molecule has 1 aromatic carbocycles. The number of hydrogen-bond donors (Lipinski definition) is 1. The summed E-state index contributed by atoms with van der Waals surface area (Å²) >= 11 is 7.32. The van der Waals surface area contributed by atoms with Crippen LogP contribution in [0, 0.1) is 6.92 Å². The van der Waals surface area contributed by atoms with Crippen LogP contribution in [0.4, 0.5) is 5.13 Å². The van der Waals surface area contributed by atoms with E-state index in [0.29, 0.717) is 10.2 Å². The number of anilines is 1. The fourth-order valence-electron chi connectivity index (χ4n) is 2.04. The number of hydrogen-bond acceptors (Lipinski definition) is 4. The normalized spacial score (nSPS) is 10.5. The Morgan fingerprint density at radius 1 is 1.22 bits per heavy atom. The van der Waals surface area contributed by atoms with Crippen LogP contribution >= 0.6 is 22.9 Å². The molecule has 0 aliphatic carbocycles. The van der Waals surface area contributed by atoms with Crippen molar-refractivity contribution in [1.82, 2.24) is 9.97 Å². The van der Waals surface area contributed by atoms with Gasteiger partial charge in [0.15, 0.2) is 5.13 Å². The molecule has 6 heteroatoms. The Balaban J connectivity index is 1.67. The van der Waals surface area contributed by atoms with Crippen LogP contribution in [0.3, 0.4) is 0 Å². The van der Waals surface area contributed by atoms with E-state index in [0.717, 1.165) is 11.3 Å². The van der Waals surface area contributed by atoms with Crippen molar-refractivity contribution in [3.8, 4) is 0 Å². The van der Waals surface area contributed by atoms with Gasteiger partial charge in [0.25, 0.3) is 5.91 Å². The second kappa shape index (κ2) is 6.89. The van der Waals surface area contributed by atoms with Crippen LogP contribution in [0.2, 0.25) is 5.02 Å². The highest BCUT2D eigenvalue weighted by Crippen LogP contribution is 2.22. The lowest BCUT2D eigenvalue weighted by atomic mass is 10.1. The Kier molecular flexibility index (Phi) is 4.69. The van der Waals surface area contributed by atoms with Crippen molar-refractivity contribution in [2.45, 2.75) is 13.3 Å². The van der Waals surface area contributed by atoms with E-state index >= 15 is 0 Å². The van der Waals surface area contributed by atoms with E-state index in [1.165, 1.54) is 34.7 Å². The zero-order chi connectivity index (χ0) is 16.2. The molecule has 0 radical (unpaired) electrons. The third kappa shape index (κ3) is 4.15. The summed E-state index contributed by atoms with van der Waals surface area (Å²) < 4.78 is 0. The predicted octanol–water partition coefficient (Wildman–Crippen LogP) is 4.34. The minimum atomic E-state index is -0.316. The third-order valence-corrected chi connectivity index (χ3v) is 4.38. The van der Waals surface area contributed by atoms with Gasteiger partial charge < -0.3 is 0 Å². The average molecular weight is 344 g/mol. The molecule has 0 aliphatic heterocycles. The van der Waals surface area contributed by atoms with Gasteiger partial charge in [-0.2, -0.15) is 0 Å². The maximum absolute atomic E-state index is 12.1. The zero-order valence-electron chi connectivity index (χ0n) is 12.4. The molecule has 3 aromatic rings. The molecule has 4 nitrogen and oxygen atoms in total. The molecule has 0 unspecified atom stereocenters. The lowest BCUT2D eigenvalue weighted by Crippen LogP contribution is -2.13. The summed E-state index contributed by atoms with van der Waals surface area (Å²) in [6.07, 6.45) is 4.08. The van der Waals surface area contributed by atoms with E-state index in [4.69, 9.17) is 11.6 Å². The van der Waals surface area contributed by atoms with E-state index in [2.05, 4.69) is 46.5 Å². The fourth-order valence-corrected chi connectivity index (χ4v) is 3.05. The van der Waals surface area contributed by atoms with Crippen LogP contribution in [-0.2, 0) is 6.42 Å². The van der Waals surface area contributed by atoms with Crippen molar-refractivity contribution >= 4 is 34.0 Å². The van der Waals surface area contributed by atoms with Crippen LogP contribution in [-0.4, -0.2) is 15.9 Å². The van der Waals surface area contributed by atoms with Crippen molar-refractivity contribution in [2.75, 3.05) is 5.32 Å². The van der Waals surface area contributed by atoms with Gasteiger partial charge in [0.2, 0.25) is 0 Å². The first-order valence-electron chi connectivity index (χ1n) is 7.03. The number of rotatable bonds is 4. The molecular formula is C17H14ClN3OS. The van der Waals surface area contributed by atoms with Crippen LogP contribution in [0.5, 0.6) is 0 Å². The Hall–Kier alpha value is -2.24. The Labute approximate surface area is 143 Å². The molecule has 0 spiro atoms. The van der Waals surface area contributed by atoms with Crippen LogP contribution in [0.15, 0.2) is 48.8 Å². The molecule has 3 rings (SSSR count). The summed E-state index contributed by atoms with van der Waals surface area (Å²) in [6.45, 7) is 2.06. The van der Waals surface area contributed by atoms with Crippen LogP contribution in [0.25, 0.3) is 0 Å². The molecule has 0 saturated carbocycles. The SMILES string of the molecule is Cc1ccc(Cc2cnc(NC(=O)c3cc(Cl)ccn3)s2)cc1. The Bertz CT molecular complexity index is 830. The maximum Gasteiger partial charge on any atom is 0.276 e. The molecule has 2 heterocycles. The Morgan fingerprint density at radius 3 is 2.74 bits per heavy atom. The maximum atomic E-state index is 12.1. The lowest BCUT2D eigenvalue weighted by Gasteiger charge is -2.01. The van der Waals surface area contributed by atoms with Gasteiger partial charge in [0.1, 0.15) is 5.69 Å².